The maximum atomic E-state index is 5.92. The molecule has 0 aliphatic heterocycles. The number of nitrogens with zero attached hydrogens (tertiary/aromatic N) is 2. The van der Waals surface area contributed by atoms with E-state index in [4.69, 9.17) is 14.2 Å². The van der Waals surface area contributed by atoms with E-state index in [0.717, 1.165) is 26.7 Å². The van der Waals surface area contributed by atoms with Crippen molar-refractivity contribution in [1.29, 1.82) is 0 Å². The maximum Gasteiger partial charge on any atom is 0.163 e. The Kier molecular flexibility index (Phi) is 4.62. The average Bonchev–Trinajstić information content (AvgIpc) is 2.60. The standard InChI is InChI=1S/C17H15BrN2O3/c1-21-12-5-3-11(4-6-12)10-23-17-7-13-14(18)9-19-20-15(13)8-16(17)22-2/h3-9H,10H2,1-2H3. The van der Waals surface area contributed by atoms with Gasteiger partial charge >= 0.3 is 0 Å². The lowest BCUT2D eigenvalue weighted by Crippen LogP contribution is -1.98. The molecule has 6 heteroatoms. The SMILES string of the molecule is COc1ccc(COc2cc3c(Br)cnnc3cc2OC)cc1. The molecule has 0 saturated carbocycles. The summed E-state index contributed by atoms with van der Waals surface area (Å²) >= 11 is 3.48. The molecule has 0 unspecified atom stereocenters. The van der Waals surface area contributed by atoms with Crippen LogP contribution in [-0.4, -0.2) is 24.4 Å². The van der Waals surface area contributed by atoms with E-state index >= 15 is 0 Å². The molecular weight excluding hydrogens is 360 g/mol. The first-order valence-corrected chi connectivity index (χ1v) is 7.75. The van der Waals surface area contributed by atoms with Gasteiger partial charge in [0.2, 0.25) is 0 Å². The fourth-order valence-corrected chi connectivity index (χ4v) is 2.60. The summed E-state index contributed by atoms with van der Waals surface area (Å²) in [4.78, 5) is 0. The summed E-state index contributed by atoms with van der Waals surface area (Å²) in [5, 5.41) is 8.94. The molecule has 3 rings (SSSR count). The van der Waals surface area contributed by atoms with E-state index in [2.05, 4.69) is 26.1 Å². The molecule has 0 aliphatic rings. The van der Waals surface area contributed by atoms with Gasteiger partial charge in [-0.3, -0.25) is 0 Å². The molecule has 0 radical (unpaired) electrons. The number of rotatable bonds is 5. The van der Waals surface area contributed by atoms with E-state index in [1.165, 1.54) is 0 Å². The van der Waals surface area contributed by atoms with Crippen LogP contribution in [0.5, 0.6) is 17.2 Å². The van der Waals surface area contributed by atoms with Gasteiger partial charge in [-0.2, -0.15) is 10.2 Å². The average molecular weight is 375 g/mol. The van der Waals surface area contributed by atoms with E-state index in [9.17, 15) is 0 Å². The Morgan fingerprint density at radius 3 is 2.48 bits per heavy atom. The molecule has 2 aromatic carbocycles. The molecule has 0 atom stereocenters. The van der Waals surface area contributed by atoms with Crippen LogP contribution in [0.1, 0.15) is 5.56 Å². The van der Waals surface area contributed by atoms with E-state index < -0.39 is 0 Å². The van der Waals surface area contributed by atoms with Gasteiger partial charge in [-0.05, 0) is 39.7 Å². The molecule has 5 nitrogen and oxygen atoms in total. The van der Waals surface area contributed by atoms with Gasteiger partial charge in [0, 0.05) is 15.9 Å². The smallest absolute Gasteiger partial charge is 0.163 e. The zero-order valence-electron chi connectivity index (χ0n) is 12.7. The van der Waals surface area contributed by atoms with Gasteiger partial charge in [0.25, 0.3) is 0 Å². The normalized spacial score (nSPS) is 10.6. The molecule has 0 spiro atoms. The summed E-state index contributed by atoms with van der Waals surface area (Å²) in [7, 11) is 3.25. The van der Waals surface area contributed by atoms with E-state index in [1.54, 1.807) is 20.4 Å². The molecule has 23 heavy (non-hydrogen) atoms. The summed E-state index contributed by atoms with van der Waals surface area (Å²) in [6.07, 6.45) is 1.65. The lowest BCUT2D eigenvalue weighted by Gasteiger charge is -2.12. The number of ether oxygens (including phenoxy) is 3. The van der Waals surface area contributed by atoms with Crippen molar-refractivity contribution in [2.45, 2.75) is 6.61 Å². The van der Waals surface area contributed by atoms with Gasteiger partial charge in [-0.15, -0.1) is 0 Å². The number of hydrogen-bond acceptors (Lipinski definition) is 5. The highest BCUT2D eigenvalue weighted by Crippen LogP contribution is 2.34. The Morgan fingerprint density at radius 1 is 1.00 bits per heavy atom. The predicted molar refractivity (Wildman–Crippen MR) is 91.1 cm³/mol. The minimum absolute atomic E-state index is 0.433. The highest BCUT2D eigenvalue weighted by Gasteiger charge is 2.10. The van der Waals surface area contributed by atoms with Crippen molar-refractivity contribution in [3.05, 3.63) is 52.6 Å². The van der Waals surface area contributed by atoms with Gasteiger partial charge in [0.15, 0.2) is 11.5 Å². The first-order chi connectivity index (χ1) is 11.2. The van der Waals surface area contributed by atoms with Crippen LogP contribution in [0.15, 0.2) is 47.1 Å². The lowest BCUT2D eigenvalue weighted by atomic mass is 10.2. The summed E-state index contributed by atoms with van der Waals surface area (Å²) in [6, 6.07) is 11.5. The van der Waals surface area contributed by atoms with Gasteiger partial charge in [-0.1, -0.05) is 12.1 Å². The van der Waals surface area contributed by atoms with Crippen molar-refractivity contribution >= 4 is 26.8 Å². The van der Waals surface area contributed by atoms with Crippen molar-refractivity contribution in [2.24, 2.45) is 0 Å². The highest BCUT2D eigenvalue weighted by atomic mass is 79.9. The molecule has 0 aliphatic carbocycles. The summed E-state index contributed by atoms with van der Waals surface area (Å²) in [5.41, 5.74) is 1.79. The zero-order valence-corrected chi connectivity index (χ0v) is 14.3. The molecule has 3 aromatic rings. The third kappa shape index (κ3) is 3.37. The first-order valence-electron chi connectivity index (χ1n) is 6.96. The second-order valence-electron chi connectivity index (χ2n) is 4.85. The highest BCUT2D eigenvalue weighted by molar-refractivity contribution is 9.10. The minimum Gasteiger partial charge on any atom is -0.497 e. The number of benzene rings is 2. The first kappa shape index (κ1) is 15.6. The van der Waals surface area contributed by atoms with E-state index in [0.29, 0.717) is 18.1 Å². The van der Waals surface area contributed by atoms with E-state index in [-0.39, 0.29) is 0 Å². The maximum absolute atomic E-state index is 5.92. The third-order valence-corrected chi connectivity index (χ3v) is 4.06. The molecule has 118 valence electrons. The van der Waals surface area contributed by atoms with Crippen molar-refractivity contribution in [2.75, 3.05) is 14.2 Å². The Morgan fingerprint density at radius 2 is 1.78 bits per heavy atom. The molecular formula is C17H15BrN2O3. The zero-order chi connectivity index (χ0) is 16.2. The van der Waals surface area contributed by atoms with Crippen LogP contribution in [0.25, 0.3) is 10.9 Å². The second kappa shape index (κ2) is 6.83. The molecule has 0 amide bonds. The summed E-state index contributed by atoms with van der Waals surface area (Å²) in [5.74, 6) is 2.10. The molecule has 1 aromatic heterocycles. The minimum atomic E-state index is 0.433. The molecule has 0 saturated heterocycles. The van der Waals surface area contributed by atoms with Crippen LogP contribution in [0, 0.1) is 0 Å². The van der Waals surface area contributed by atoms with Gasteiger partial charge in [0.1, 0.15) is 12.4 Å². The molecule has 1 heterocycles. The van der Waals surface area contributed by atoms with Crippen molar-refractivity contribution in [1.82, 2.24) is 10.2 Å². The Hall–Kier alpha value is -2.34. The van der Waals surface area contributed by atoms with Crippen LogP contribution in [-0.2, 0) is 6.61 Å². The van der Waals surface area contributed by atoms with Crippen LogP contribution >= 0.6 is 15.9 Å². The molecule has 0 bridgehead atoms. The number of fused-ring (bicyclic) bond motifs is 1. The van der Waals surface area contributed by atoms with Gasteiger partial charge in [-0.25, -0.2) is 0 Å². The number of hydrogen-bond donors (Lipinski definition) is 0. The van der Waals surface area contributed by atoms with Crippen LogP contribution < -0.4 is 14.2 Å². The summed E-state index contributed by atoms with van der Waals surface area (Å²) in [6.45, 7) is 0.433. The quantitative estimate of drug-likeness (QED) is 0.675. The lowest BCUT2D eigenvalue weighted by molar-refractivity contribution is 0.285. The fraction of sp³-hybridized carbons (Fsp3) is 0.176. The van der Waals surface area contributed by atoms with Gasteiger partial charge < -0.3 is 14.2 Å². The fourth-order valence-electron chi connectivity index (χ4n) is 2.19. The molecule has 0 N–H and O–H groups in total. The molecule has 0 fully saturated rings. The third-order valence-electron chi connectivity index (χ3n) is 3.43. The Bertz CT molecular complexity index is 822. The van der Waals surface area contributed by atoms with Gasteiger partial charge in [0.05, 0.1) is 25.9 Å². The second-order valence-corrected chi connectivity index (χ2v) is 5.70. The number of methoxy groups -OCH3 is 2. The number of halogens is 1. The Balaban J connectivity index is 1.87. The summed E-state index contributed by atoms with van der Waals surface area (Å²) < 4.78 is 17.3. The van der Waals surface area contributed by atoms with Crippen molar-refractivity contribution in [3.8, 4) is 17.2 Å². The predicted octanol–water partition coefficient (Wildman–Crippen LogP) is 3.99. The van der Waals surface area contributed by atoms with Crippen LogP contribution in [0.4, 0.5) is 0 Å². The van der Waals surface area contributed by atoms with Crippen LogP contribution in [0.2, 0.25) is 0 Å². The monoisotopic (exact) mass is 374 g/mol. The van der Waals surface area contributed by atoms with Crippen molar-refractivity contribution in [3.63, 3.8) is 0 Å². The van der Waals surface area contributed by atoms with E-state index in [1.807, 2.05) is 36.4 Å². The van der Waals surface area contributed by atoms with Crippen molar-refractivity contribution < 1.29 is 14.2 Å². The topological polar surface area (TPSA) is 53.5 Å². The number of aromatic nitrogens is 2. The Labute approximate surface area is 142 Å². The van der Waals surface area contributed by atoms with Crippen LogP contribution in [0.3, 0.4) is 0 Å². The largest absolute Gasteiger partial charge is 0.497 e.